The molecule has 0 N–H and O–H groups in total. The molecule has 1 saturated carbocycles. The zero-order chi connectivity index (χ0) is 12.0. The molecule has 0 radical (unpaired) electrons. The fraction of sp³-hybridized carbons (Fsp3) is 0.417. The summed E-state index contributed by atoms with van der Waals surface area (Å²) < 4.78 is 0. The van der Waals surface area contributed by atoms with Gasteiger partial charge in [0.2, 0.25) is 0 Å². The van der Waals surface area contributed by atoms with Crippen molar-refractivity contribution in [2.45, 2.75) is 31.8 Å². The second-order valence-electron chi connectivity index (χ2n) is 4.62. The largest absolute Gasteiger partial charge is 0.331 e. The van der Waals surface area contributed by atoms with E-state index < -0.39 is 4.92 Å². The smallest absolute Gasteiger partial charge is 0.269 e. The number of carbonyl (C=O) groups excluding carboxylic acids is 1. The zero-order valence-corrected chi connectivity index (χ0v) is 9.26. The molecule has 3 rings (SSSR count). The van der Waals surface area contributed by atoms with Gasteiger partial charge in [-0.25, -0.2) is 0 Å². The molecule has 1 aliphatic carbocycles. The highest BCUT2D eigenvalue weighted by Gasteiger charge is 2.35. The Hall–Kier alpha value is -1.91. The third kappa shape index (κ3) is 1.50. The number of rotatable bonds is 2. The van der Waals surface area contributed by atoms with Gasteiger partial charge in [-0.3, -0.25) is 14.9 Å². The molecule has 88 valence electrons. The van der Waals surface area contributed by atoms with Gasteiger partial charge in [-0.2, -0.15) is 0 Å². The molecule has 0 unspecified atom stereocenters. The van der Waals surface area contributed by atoms with Gasteiger partial charge in [0.1, 0.15) is 0 Å². The summed E-state index contributed by atoms with van der Waals surface area (Å²) in [6, 6.07) is 4.84. The minimum absolute atomic E-state index is 0.0274. The van der Waals surface area contributed by atoms with Gasteiger partial charge >= 0.3 is 0 Å². The number of hydrogen-bond acceptors (Lipinski definition) is 3. The first-order valence-corrected chi connectivity index (χ1v) is 5.75. The van der Waals surface area contributed by atoms with E-state index in [4.69, 9.17) is 0 Å². The molecule has 0 aromatic heterocycles. The molecule has 2 aliphatic rings. The molecule has 5 nitrogen and oxygen atoms in total. The van der Waals surface area contributed by atoms with Crippen molar-refractivity contribution in [1.29, 1.82) is 0 Å². The third-order valence-electron chi connectivity index (χ3n) is 3.65. The molecule has 5 heteroatoms. The maximum absolute atomic E-state index is 12.1. The second kappa shape index (κ2) is 3.55. The molecule has 1 fully saturated rings. The zero-order valence-electron chi connectivity index (χ0n) is 9.26. The molecular weight excluding hydrogens is 220 g/mol. The van der Waals surface area contributed by atoms with Crippen LogP contribution in [0.1, 0.15) is 35.2 Å². The summed E-state index contributed by atoms with van der Waals surface area (Å²) in [7, 11) is 0. The first kappa shape index (κ1) is 10.3. The highest BCUT2D eigenvalue weighted by Crippen LogP contribution is 2.33. The van der Waals surface area contributed by atoms with Crippen LogP contribution in [0.2, 0.25) is 0 Å². The van der Waals surface area contributed by atoms with Gasteiger partial charge in [0, 0.05) is 30.3 Å². The van der Waals surface area contributed by atoms with Crippen LogP contribution >= 0.6 is 0 Å². The molecule has 0 saturated heterocycles. The standard InChI is InChI=1S/C12H12N2O3/c15-12-11-5-4-10(14(16)17)6-8(11)7-13(12)9-2-1-3-9/h4-6,9H,1-3,7H2. The van der Waals surface area contributed by atoms with Crippen LogP contribution in [0.5, 0.6) is 0 Å². The molecule has 1 aromatic carbocycles. The van der Waals surface area contributed by atoms with E-state index in [-0.39, 0.29) is 11.6 Å². The minimum Gasteiger partial charge on any atom is -0.331 e. The molecule has 1 aliphatic heterocycles. The van der Waals surface area contributed by atoms with Crippen LogP contribution in [0.4, 0.5) is 5.69 Å². The monoisotopic (exact) mass is 232 g/mol. The topological polar surface area (TPSA) is 63.4 Å². The Bertz CT molecular complexity index is 508. The average Bonchev–Trinajstić information content (AvgIpc) is 2.54. The summed E-state index contributed by atoms with van der Waals surface area (Å²) >= 11 is 0. The third-order valence-corrected chi connectivity index (χ3v) is 3.65. The molecule has 0 bridgehead atoms. The van der Waals surface area contributed by atoms with Crippen molar-refractivity contribution in [3.63, 3.8) is 0 Å². The molecule has 0 atom stereocenters. The minimum atomic E-state index is -0.420. The predicted octanol–water partition coefficient (Wildman–Crippen LogP) is 2.10. The molecular formula is C12H12N2O3. The Labute approximate surface area is 98.2 Å². The lowest BCUT2D eigenvalue weighted by molar-refractivity contribution is -0.384. The van der Waals surface area contributed by atoms with Crippen LogP contribution in [0.15, 0.2) is 18.2 Å². The lowest BCUT2D eigenvalue weighted by atomic mass is 9.92. The number of benzene rings is 1. The number of nitro benzene ring substituents is 1. The maximum atomic E-state index is 12.1. The summed E-state index contributed by atoms with van der Waals surface area (Å²) in [6.07, 6.45) is 3.29. The summed E-state index contributed by atoms with van der Waals surface area (Å²) in [5.74, 6) is 0.0274. The highest BCUT2D eigenvalue weighted by atomic mass is 16.6. The number of amides is 1. The number of nitrogens with zero attached hydrogens (tertiary/aromatic N) is 2. The predicted molar refractivity (Wildman–Crippen MR) is 60.6 cm³/mol. The van der Waals surface area contributed by atoms with E-state index in [0.717, 1.165) is 18.4 Å². The molecule has 1 amide bonds. The number of hydrogen-bond donors (Lipinski definition) is 0. The average molecular weight is 232 g/mol. The van der Waals surface area contributed by atoms with E-state index in [2.05, 4.69) is 0 Å². The van der Waals surface area contributed by atoms with Gasteiger partial charge in [0.15, 0.2) is 0 Å². The van der Waals surface area contributed by atoms with Gasteiger partial charge in [-0.15, -0.1) is 0 Å². The normalized spacial score (nSPS) is 19.1. The van der Waals surface area contributed by atoms with Crippen LogP contribution in [-0.4, -0.2) is 21.8 Å². The Morgan fingerprint density at radius 2 is 2.12 bits per heavy atom. The van der Waals surface area contributed by atoms with E-state index >= 15 is 0 Å². The lowest BCUT2D eigenvalue weighted by Crippen LogP contribution is -2.40. The van der Waals surface area contributed by atoms with Crippen molar-refractivity contribution in [1.82, 2.24) is 4.90 Å². The van der Waals surface area contributed by atoms with E-state index in [9.17, 15) is 14.9 Å². The quantitative estimate of drug-likeness (QED) is 0.579. The van der Waals surface area contributed by atoms with E-state index in [1.165, 1.54) is 18.6 Å². The summed E-state index contributed by atoms with van der Waals surface area (Å²) in [4.78, 5) is 24.2. The van der Waals surface area contributed by atoms with E-state index in [0.29, 0.717) is 18.2 Å². The van der Waals surface area contributed by atoms with E-state index in [1.54, 1.807) is 6.07 Å². The number of nitro groups is 1. The van der Waals surface area contributed by atoms with Crippen molar-refractivity contribution >= 4 is 11.6 Å². The van der Waals surface area contributed by atoms with Crippen LogP contribution < -0.4 is 0 Å². The maximum Gasteiger partial charge on any atom is 0.269 e. The summed E-state index contributed by atoms with van der Waals surface area (Å²) in [6.45, 7) is 0.528. The van der Waals surface area contributed by atoms with Gasteiger partial charge in [0.25, 0.3) is 11.6 Å². The Balaban J connectivity index is 1.93. The van der Waals surface area contributed by atoms with Crippen molar-refractivity contribution in [3.05, 3.63) is 39.4 Å². The molecule has 0 spiro atoms. The molecule has 1 heterocycles. The summed E-state index contributed by atoms with van der Waals surface area (Å²) in [5, 5.41) is 10.7. The number of fused-ring (bicyclic) bond motifs is 1. The van der Waals surface area contributed by atoms with Crippen LogP contribution in [0.3, 0.4) is 0 Å². The van der Waals surface area contributed by atoms with Gasteiger partial charge in [0.05, 0.1) is 4.92 Å². The SMILES string of the molecule is O=C1c2ccc([N+](=O)[O-])cc2CN1C1CCC1. The van der Waals surface area contributed by atoms with Crippen LogP contribution in [0.25, 0.3) is 0 Å². The van der Waals surface area contributed by atoms with Crippen LogP contribution in [-0.2, 0) is 6.54 Å². The number of carbonyl (C=O) groups is 1. The fourth-order valence-corrected chi connectivity index (χ4v) is 2.44. The lowest BCUT2D eigenvalue weighted by Gasteiger charge is -2.34. The Morgan fingerprint density at radius 1 is 1.35 bits per heavy atom. The highest BCUT2D eigenvalue weighted by molar-refractivity contribution is 5.98. The first-order valence-electron chi connectivity index (χ1n) is 5.75. The summed E-state index contributed by atoms with van der Waals surface area (Å²) in [5.41, 5.74) is 1.48. The van der Waals surface area contributed by atoms with Gasteiger partial charge < -0.3 is 4.90 Å². The number of non-ortho nitro benzene ring substituents is 1. The fourth-order valence-electron chi connectivity index (χ4n) is 2.44. The van der Waals surface area contributed by atoms with Crippen molar-refractivity contribution in [3.8, 4) is 0 Å². The van der Waals surface area contributed by atoms with Crippen LogP contribution in [0, 0.1) is 10.1 Å². The Kier molecular flexibility index (Phi) is 2.14. The van der Waals surface area contributed by atoms with E-state index in [1.807, 2.05) is 4.90 Å². The second-order valence-corrected chi connectivity index (χ2v) is 4.62. The molecule has 1 aromatic rings. The van der Waals surface area contributed by atoms with Crippen molar-refractivity contribution in [2.75, 3.05) is 0 Å². The first-order chi connectivity index (χ1) is 8.16. The Morgan fingerprint density at radius 3 is 2.71 bits per heavy atom. The molecule has 17 heavy (non-hydrogen) atoms. The van der Waals surface area contributed by atoms with Crippen molar-refractivity contribution in [2.24, 2.45) is 0 Å². The van der Waals surface area contributed by atoms with Gasteiger partial charge in [-0.05, 0) is 30.9 Å². The van der Waals surface area contributed by atoms with Crippen molar-refractivity contribution < 1.29 is 9.72 Å². The van der Waals surface area contributed by atoms with Gasteiger partial charge in [-0.1, -0.05) is 0 Å².